The molecule has 7 nitrogen and oxygen atoms in total. The van der Waals surface area contributed by atoms with Gasteiger partial charge in [-0.1, -0.05) is 6.07 Å². The van der Waals surface area contributed by atoms with Crippen molar-refractivity contribution in [1.29, 1.82) is 0 Å². The summed E-state index contributed by atoms with van der Waals surface area (Å²) < 4.78 is 5.70. The van der Waals surface area contributed by atoms with E-state index in [0.717, 1.165) is 22.3 Å². The van der Waals surface area contributed by atoms with E-state index in [1.54, 1.807) is 24.5 Å². The normalized spacial score (nSPS) is 10.7. The lowest BCUT2D eigenvalue weighted by Crippen LogP contribution is -2.03. The van der Waals surface area contributed by atoms with E-state index in [0.29, 0.717) is 17.3 Å². The second-order valence-electron chi connectivity index (χ2n) is 5.68. The third-order valence-electron chi connectivity index (χ3n) is 3.82. The Kier molecular flexibility index (Phi) is 4.03. The highest BCUT2D eigenvalue weighted by Gasteiger charge is 2.12. The molecule has 26 heavy (non-hydrogen) atoms. The first kappa shape index (κ1) is 15.8. The highest BCUT2D eigenvalue weighted by molar-refractivity contribution is 5.94. The van der Waals surface area contributed by atoms with Crippen LogP contribution >= 0.6 is 0 Å². The third-order valence-corrected chi connectivity index (χ3v) is 3.82. The Balaban J connectivity index is 1.68. The summed E-state index contributed by atoms with van der Waals surface area (Å²) in [6.45, 7) is 1.96. The first-order valence-electron chi connectivity index (χ1n) is 8.02. The van der Waals surface area contributed by atoms with Gasteiger partial charge in [0.25, 0.3) is 0 Å². The van der Waals surface area contributed by atoms with Gasteiger partial charge in [-0.15, -0.1) is 0 Å². The SMILES string of the molecule is Cc1ccc2c(Nc3ncnc(Oc4cccnc4)c3N)cccc2n1. The molecule has 3 N–H and O–H groups in total. The highest BCUT2D eigenvalue weighted by atomic mass is 16.5. The average molecular weight is 344 g/mol. The first-order chi connectivity index (χ1) is 12.7. The van der Waals surface area contributed by atoms with Gasteiger partial charge in [-0.05, 0) is 43.3 Å². The molecule has 0 atom stereocenters. The van der Waals surface area contributed by atoms with Crippen LogP contribution in [-0.4, -0.2) is 19.9 Å². The number of ether oxygens (including phenoxy) is 1. The number of hydrogen-bond donors (Lipinski definition) is 2. The predicted octanol–water partition coefficient (Wildman–Crippen LogP) is 3.85. The maximum absolute atomic E-state index is 6.20. The largest absolute Gasteiger partial charge is 0.435 e. The standard InChI is InChI=1S/C19H16N6O/c1-12-7-8-14-15(24-12)5-2-6-16(14)25-18-17(20)19(23-11-22-18)26-13-4-3-9-21-10-13/h2-11H,20H2,1H3,(H,22,23,25). The Labute approximate surface area is 149 Å². The summed E-state index contributed by atoms with van der Waals surface area (Å²) in [4.78, 5) is 16.9. The molecule has 0 spiro atoms. The molecule has 0 fully saturated rings. The van der Waals surface area contributed by atoms with E-state index in [1.807, 2.05) is 37.3 Å². The second-order valence-corrected chi connectivity index (χ2v) is 5.68. The predicted molar refractivity (Wildman–Crippen MR) is 101 cm³/mol. The molecule has 0 radical (unpaired) electrons. The van der Waals surface area contributed by atoms with Crippen LogP contribution in [0.4, 0.5) is 17.2 Å². The Hall–Kier alpha value is -3.74. The van der Waals surface area contributed by atoms with E-state index in [4.69, 9.17) is 10.5 Å². The van der Waals surface area contributed by atoms with Gasteiger partial charge in [0.2, 0.25) is 5.88 Å². The maximum Gasteiger partial charge on any atom is 0.248 e. The van der Waals surface area contributed by atoms with E-state index in [9.17, 15) is 0 Å². The Bertz CT molecular complexity index is 1070. The van der Waals surface area contributed by atoms with Crippen molar-refractivity contribution in [2.45, 2.75) is 6.92 Å². The van der Waals surface area contributed by atoms with Gasteiger partial charge in [0.1, 0.15) is 17.8 Å². The number of nitrogen functional groups attached to an aromatic ring is 1. The van der Waals surface area contributed by atoms with Gasteiger partial charge >= 0.3 is 0 Å². The van der Waals surface area contributed by atoms with Gasteiger partial charge in [0.15, 0.2) is 5.82 Å². The van der Waals surface area contributed by atoms with E-state index in [1.165, 1.54) is 6.33 Å². The molecule has 1 aromatic carbocycles. The number of nitrogens with two attached hydrogens (primary N) is 1. The van der Waals surface area contributed by atoms with Crippen molar-refractivity contribution >= 4 is 28.1 Å². The Morgan fingerprint density at radius 3 is 2.81 bits per heavy atom. The molecular weight excluding hydrogens is 328 g/mol. The van der Waals surface area contributed by atoms with Crippen molar-refractivity contribution in [3.05, 3.63) is 66.9 Å². The van der Waals surface area contributed by atoms with Gasteiger partial charge in [-0.3, -0.25) is 9.97 Å². The molecule has 4 aromatic rings. The van der Waals surface area contributed by atoms with Gasteiger partial charge in [-0.25, -0.2) is 4.98 Å². The molecule has 0 aliphatic heterocycles. The van der Waals surface area contributed by atoms with Crippen LogP contribution in [0.15, 0.2) is 61.2 Å². The minimum absolute atomic E-state index is 0.268. The Morgan fingerprint density at radius 2 is 1.96 bits per heavy atom. The van der Waals surface area contributed by atoms with Crippen molar-refractivity contribution < 1.29 is 4.74 Å². The van der Waals surface area contributed by atoms with Crippen LogP contribution in [0.25, 0.3) is 10.9 Å². The Morgan fingerprint density at radius 1 is 1.04 bits per heavy atom. The first-order valence-corrected chi connectivity index (χ1v) is 8.02. The molecule has 7 heteroatoms. The fourth-order valence-electron chi connectivity index (χ4n) is 2.57. The molecule has 0 bridgehead atoms. The lowest BCUT2D eigenvalue weighted by atomic mass is 10.1. The summed E-state index contributed by atoms with van der Waals surface area (Å²) in [5.74, 6) is 1.28. The zero-order chi connectivity index (χ0) is 17.9. The van der Waals surface area contributed by atoms with Gasteiger partial charge in [0, 0.05) is 23.0 Å². The number of aromatic nitrogens is 4. The van der Waals surface area contributed by atoms with E-state index in [2.05, 4.69) is 25.3 Å². The number of hydrogen-bond acceptors (Lipinski definition) is 7. The molecule has 4 rings (SSSR count). The van der Waals surface area contributed by atoms with Gasteiger partial charge in [-0.2, -0.15) is 4.98 Å². The summed E-state index contributed by atoms with van der Waals surface area (Å²) in [6.07, 6.45) is 4.66. The summed E-state index contributed by atoms with van der Waals surface area (Å²) in [7, 11) is 0. The number of rotatable bonds is 4. The number of aryl methyl sites for hydroxylation is 1. The van der Waals surface area contributed by atoms with Crippen molar-refractivity contribution in [3.63, 3.8) is 0 Å². The fraction of sp³-hybridized carbons (Fsp3) is 0.0526. The quantitative estimate of drug-likeness (QED) is 0.580. The summed E-state index contributed by atoms with van der Waals surface area (Å²) in [6, 6.07) is 13.4. The van der Waals surface area contributed by atoms with E-state index >= 15 is 0 Å². The number of nitrogens with zero attached hydrogens (tertiary/aromatic N) is 4. The maximum atomic E-state index is 6.20. The van der Waals surface area contributed by atoms with Crippen LogP contribution in [0.2, 0.25) is 0 Å². The van der Waals surface area contributed by atoms with Gasteiger partial charge < -0.3 is 15.8 Å². The fourth-order valence-corrected chi connectivity index (χ4v) is 2.57. The lowest BCUT2D eigenvalue weighted by Gasteiger charge is -2.13. The molecule has 0 unspecified atom stereocenters. The molecule has 0 aliphatic rings. The molecule has 0 aliphatic carbocycles. The highest BCUT2D eigenvalue weighted by Crippen LogP contribution is 2.32. The molecular formula is C19H16N6O. The second kappa shape index (κ2) is 6.64. The van der Waals surface area contributed by atoms with Crippen LogP contribution in [-0.2, 0) is 0 Å². The minimum Gasteiger partial charge on any atom is -0.435 e. The van der Waals surface area contributed by atoms with Crippen LogP contribution in [0.5, 0.6) is 11.6 Å². The zero-order valence-electron chi connectivity index (χ0n) is 14.0. The monoisotopic (exact) mass is 344 g/mol. The van der Waals surface area contributed by atoms with E-state index in [-0.39, 0.29) is 5.88 Å². The summed E-state index contributed by atoms with van der Waals surface area (Å²) in [5, 5.41) is 4.23. The number of benzene rings is 1. The van der Waals surface area contributed by atoms with Crippen molar-refractivity contribution in [3.8, 4) is 11.6 Å². The lowest BCUT2D eigenvalue weighted by molar-refractivity contribution is 0.462. The van der Waals surface area contributed by atoms with Crippen molar-refractivity contribution in [2.24, 2.45) is 0 Å². The molecule has 0 saturated heterocycles. The van der Waals surface area contributed by atoms with Crippen LogP contribution < -0.4 is 15.8 Å². The molecule has 0 saturated carbocycles. The number of pyridine rings is 2. The number of fused-ring (bicyclic) bond motifs is 1. The van der Waals surface area contributed by atoms with Crippen molar-refractivity contribution in [2.75, 3.05) is 11.1 Å². The molecule has 3 heterocycles. The third kappa shape index (κ3) is 3.10. The molecule has 0 amide bonds. The number of nitrogens with one attached hydrogen (secondary N) is 1. The molecule has 128 valence electrons. The summed E-state index contributed by atoms with van der Waals surface area (Å²) in [5.41, 5.74) is 9.23. The van der Waals surface area contributed by atoms with Gasteiger partial charge in [0.05, 0.1) is 11.7 Å². The van der Waals surface area contributed by atoms with Crippen LogP contribution in [0.1, 0.15) is 5.69 Å². The molecule has 3 aromatic heterocycles. The van der Waals surface area contributed by atoms with Crippen LogP contribution in [0, 0.1) is 6.92 Å². The van der Waals surface area contributed by atoms with Crippen molar-refractivity contribution in [1.82, 2.24) is 19.9 Å². The topological polar surface area (TPSA) is 98.8 Å². The summed E-state index contributed by atoms with van der Waals surface area (Å²) >= 11 is 0. The minimum atomic E-state index is 0.268. The van der Waals surface area contributed by atoms with Crippen LogP contribution in [0.3, 0.4) is 0 Å². The average Bonchev–Trinajstić information content (AvgIpc) is 2.66. The number of anilines is 3. The van der Waals surface area contributed by atoms with E-state index < -0.39 is 0 Å². The zero-order valence-corrected chi connectivity index (χ0v) is 14.0. The smallest absolute Gasteiger partial charge is 0.248 e.